The molecule has 0 radical (unpaired) electrons. The number of aryl methyl sites for hydroxylation is 2. The Bertz CT molecular complexity index is 915. The van der Waals surface area contributed by atoms with E-state index >= 15 is 0 Å². The fraction of sp³-hybridized carbons (Fsp3) is 0.125. The first-order chi connectivity index (χ1) is 11.5. The Balaban J connectivity index is 1.77. The number of hydrogen-bond donors (Lipinski definition) is 1. The molecule has 1 N–H and O–H groups in total. The second kappa shape index (κ2) is 7.06. The highest BCUT2D eigenvalue weighted by Crippen LogP contribution is 2.23. The van der Waals surface area contributed by atoms with Crippen LogP contribution in [-0.4, -0.2) is 26.1 Å². The number of halogens is 1. The van der Waals surface area contributed by atoms with Gasteiger partial charge in [0.2, 0.25) is 5.91 Å². The summed E-state index contributed by atoms with van der Waals surface area (Å²) >= 11 is 4.96. The van der Waals surface area contributed by atoms with Crippen molar-refractivity contribution in [2.75, 3.05) is 5.32 Å². The average molecular weight is 404 g/mol. The fourth-order valence-electron chi connectivity index (χ4n) is 2.13. The van der Waals surface area contributed by atoms with E-state index in [1.807, 2.05) is 44.2 Å². The molecule has 0 saturated carbocycles. The maximum absolute atomic E-state index is 12.1. The molecule has 0 aliphatic carbocycles. The van der Waals surface area contributed by atoms with Gasteiger partial charge in [0.25, 0.3) is 0 Å². The Labute approximate surface area is 151 Å². The van der Waals surface area contributed by atoms with E-state index in [1.54, 1.807) is 22.1 Å². The van der Waals surface area contributed by atoms with Gasteiger partial charge in [0, 0.05) is 16.6 Å². The average Bonchev–Trinajstić information content (AvgIpc) is 3.16. The molecule has 2 aromatic heterocycles. The van der Waals surface area contributed by atoms with Crippen molar-refractivity contribution in [3.05, 3.63) is 56.5 Å². The standard InChI is InChI=1S/C16H14BrN5OS/c1-10-3-4-12(9-14(10)22-11(2)19-20-21-22)18-16(23)8-6-13-5-7-15(17)24-13/h3-9H,1-2H3,(H,18,23)/b8-6+. The van der Waals surface area contributed by atoms with E-state index in [9.17, 15) is 4.79 Å². The number of nitrogens with one attached hydrogen (secondary N) is 1. The van der Waals surface area contributed by atoms with E-state index in [0.717, 1.165) is 19.9 Å². The fourth-order valence-corrected chi connectivity index (χ4v) is 3.46. The Hall–Kier alpha value is -2.32. The number of rotatable bonds is 4. The summed E-state index contributed by atoms with van der Waals surface area (Å²) in [6.45, 7) is 3.79. The molecule has 0 bridgehead atoms. The van der Waals surface area contributed by atoms with Gasteiger partial charge in [-0.1, -0.05) is 6.07 Å². The number of carbonyl (C=O) groups excluding carboxylic acids is 1. The van der Waals surface area contributed by atoms with Crippen molar-refractivity contribution in [3.63, 3.8) is 0 Å². The first-order valence-corrected chi connectivity index (χ1v) is 8.74. The molecule has 8 heteroatoms. The number of aromatic nitrogens is 4. The molecule has 1 aromatic carbocycles. The van der Waals surface area contributed by atoms with Crippen LogP contribution in [0.1, 0.15) is 16.3 Å². The van der Waals surface area contributed by atoms with Crippen LogP contribution < -0.4 is 5.32 Å². The molecule has 122 valence electrons. The summed E-state index contributed by atoms with van der Waals surface area (Å²) in [6.07, 6.45) is 3.30. The first kappa shape index (κ1) is 16.5. The number of anilines is 1. The van der Waals surface area contributed by atoms with Crippen LogP contribution in [0.5, 0.6) is 0 Å². The number of amides is 1. The lowest BCUT2D eigenvalue weighted by atomic mass is 10.1. The summed E-state index contributed by atoms with van der Waals surface area (Å²) in [5.74, 6) is 0.493. The molecule has 2 heterocycles. The zero-order valence-corrected chi connectivity index (χ0v) is 15.4. The third-order valence-corrected chi connectivity index (χ3v) is 4.91. The number of hydrogen-bond acceptors (Lipinski definition) is 5. The van der Waals surface area contributed by atoms with Gasteiger partial charge in [0.1, 0.15) is 0 Å². The van der Waals surface area contributed by atoms with Crippen LogP contribution in [-0.2, 0) is 4.79 Å². The molecule has 0 unspecified atom stereocenters. The minimum Gasteiger partial charge on any atom is -0.322 e. The highest BCUT2D eigenvalue weighted by atomic mass is 79.9. The predicted octanol–water partition coefficient (Wildman–Crippen LogP) is 3.76. The summed E-state index contributed by atoms with van der Waals surface area (Å²) in [5.41, 5.74) is 2.54. The van der Waals surface area contributed by atoms with Gasteiger partial charge >= 0.3 is 0 Å². The Morgan fingerprint density at radius 3 is 2.79 bits per heavy atom. The Morgan fingerprint density at radius 1 is 1.29 bits per heavy atom. The minimum atomic E-state index is -0.192. The Morgan fingerprint density at radius 2 is 2.12 bits per heavy atom. The number of thiophene rings is 1. The van der Waals surface area contributed by atoms with E-state index in [0.29, 0.717) is 11.5 Å². The second-order valence-corrected chi connectivity index (χ2v) is 7.60. The van der Waals surface area contributed by atoms with Crippen LogP contribution in [0.2, 0.25) is 0 Å². The van der Waals surface area contributed by atoms with Gasteiger partial charge < -0.3 is 5.32 Å². The highest BCUT2D eigenvalue weighted by molar-refractivity contribution is 9.11. The van der Waals surface area contributed by atoms with E-state index in [1.165, 1.54) is 6.08 Å². The summed E-state index contributed by atoms with van der Waals surface area (Å²) in [4.78, 5) is 13.1. The monoisotopic (exact) mass is 403 g/mol. The summed E-state index contributed by atoms with van der Waals surface area (Å²) < 4.78 is 2.67. The molecule has 3 aromatic rings. The first-order valence-electron chi connectivity index (χ1n) is 7.13. The lowest BCUT2D eigenvalue weighted by molar-refractivity contribution is -0.111. The van der Waals surface area contributed by atoms with Crippen molar-refractivity contribution in [2.24, 2.45) is 0 Å². The lowest BCUT2D eigenvalue weighted by Crippen LogP contribution is -2.09. The van der Waals surface area contributed by atoms with Gasteiger partial charge in [-0.3, -0.25) is 4.79 Å². The maximum Gasteiger partial charge on any atom is 0.248 e. The molecule has 0 fully saturated rings. The van der Waals surface area contributed by atoms with Gasteiger partial charge in [-0.25, -0.2) is 0 Å². The molecule has 6 nitrogen and oxygen atoms in total. The number of nitrogens with zero attached hydrogens (tertiary/aromatic N) is 4. The minimum absolute atomic E-state index is 0.192. The van der Waals surface area contributed by atoms with Crippen molar-refractivity contribution < 1.29 is 4.79 Å². The molecular weight excluding hydrogens is 390 g/mol. The summed E-state index contributed by atoms with van der Waals surface area (Å²) in [7, 11) is 0. The highest BCUT2D eigenvalue weighted by Gasteiger charge is 2.08. The van der Waals surface area contributed by atoms with Gasteiger partial charge in [0.05, 0.1) is 9.47 Å². The van der Waals surface area contributed by atoms with Crippen LogP contribution in [0.25, 0.3) is 11.8 Å². The molecule has 0 spiro atoms. The van der Waals surface area contributed by atoms with Crippen LogP contribution in [0.4, 0.5) is 5.69 Å². The number of tetrazole rings is 1. The second-order valence-electron chi connectivity index (χ2n) is 5.10. The van der Waals surface area contributed by atoms with E-state index in [-0.39, 0.29) is 5.91 Å². The van der Waals surface area contributed by atoms with E-state index < -0.39 is 0 Å². The predicted molar refractivity (Wildman–Crippen MR) is 98.3 cm³/mol. The number of benzene rings is 1. The number of carbonyl (C=O) groups is 1. The zero-order valence-electron chi connectivity index (χ0n) is 13.0. The third kappa shape index (κ3) is 3.77. The molecule has 1 amide bonds. The molecular formula is C16H14BrN5OS. The molecule has 0 aliphatic rings. The van der Waals surface area contributed by atoms with Crippen molar-refractivity contribution >= 4 is 44.9 Å². The van der Waals surface area contributed by atoms with Crippen LogP contribution in [0.3, 0.4) is 0 Å². The van der Waals surface area contributed by atoms with Gasteiger partial charge in [-0.2, -0.15) is 4.68 Å². The van der Waals surface area contributed by atoms with Crippen LogP contribution >= 0.6 is 27.3 Å². The quantitative estimate of drug-likeness (QED) is 0.673. The van der Waals surface area contributed by atoms with Gasteiger partial charge in [-0.05, 0) is 76.1 Å². The van der Waals surface area contributed by atoms with Gasteiger partial charge in [0.15, 0.2) is 5.82 Å². The SMILES string of the molecule is Cc1ccc(NC(=O)/C=C/c2ccc(Br)s2)cc1-n1nnnc1C. The van der Waals surface area contributed by atoms with E-state index in [4.69, 9.17) is 0 Å². The molecule has 0 atom stereocenters. The van der Waals surface area contributed by atoms with Crippen LogP contribution in [0.15, 0.2) is 40.2 Å². The largest absolute Gasteiger partial charge is 0.322 e. The van der Waals surface area contributed by atoms with Crippen molar-refractivity contribution in [2.45, 2.75) is 13.8 Å². The van der Waals surface area contributed by atoms with E-state index in [2.05, 4.69) is 36.8 Å². The van der Waals surface area contributed by atoms with Crippen molar-refractivity contribution in [1.29, 1.82) is 0 Å². The van der Waals surface area contributed by atoms with Crippen molar-refractivity contribution in [3.8, 4) is 5.69 Å². The molecule has 3 rings (SSSR count). The Kier molecular flexibility index (Phi) is 4.86. The van der Waals surface area contributed by atoms with Crippen molar-refractivity contribution in [1.82, 2.24) is 20.2 Å². The topological polar surface area (TPSA) is 72.7 Å². The van der Waals surface area contributed by atoms with Gasteiger partial charge in [-0.15, -0.1) is 16.4 Å². The lowest BCUT2D eigenvalue weighted by Gasteiger charge is -2.09. The normalized spacial score (nSPS) is 11.1. The molecule has 0 saturated heterocycles. The zero-order chi connectivity index (χ0) is 17.1. The maximum atomic E-state index is 12.1. The molecule has 24 heavy (non-hydrogen) atoms. The molecule has 0 aliphatic heterocycles. The smallest absolute Gasteiger partial charge is 0.248 e. The summed E-state index contributed by atoms with van der Waals surface area (Å²) in [5, 5.41) is 14.4. The van der Waals surface area contributed by atoms with Crippen LogP contribution in [0, 0.1) is 13.8 Å². The third-order valence-electron chi connectivity index (χ3n) is 3.32. The summed E-state index contributed by atoms with van der Waals surface area (Å²) in [6, 6.07) is 9.52.